The molecule has 0 spiro atoms. The lowest BCUT2D eigenvalue weighted by atomic mass is 10.2. The summed E-state index contributed by atoms with van der Waals surface area (Å²) in [6, 6.07) is 8.61. The summed E-state index contributed by atoms with van der Waals surface area (Å²) in [7, 11) is -1.78. The van der Waals surface area contributed by atoms with E-state index in [4.69, 9.17) is 15.3 Å². The Labute approximate surface area is 192 Å². The molecule has 3 rings (SSSR count). The zero-order chi connectivity index (χ0) is 24.2. The van der Waals surface area contributed by atoms with Crippen molar-refractivity contribution in [1.29, 1.82) is 4.78 Å². The van der Waals surface area contributed by atoms with E-state index in [-0.39, 0.29) is 41.0 Å². The number of nitrogen functional groups attached to an aromatic ring is 1. The third-order valence-corrected chi connectivity index (χ3v) is 6.91. The molecule has 0 saturated heterocycles. The molecule has 0 aliphatic heterocycles. The number of nitrogens with two attached hydrogens (primary N) is 1. The molecule has 1 aromatic carbocycles. The standard InChI is InChI=1S/C21H29N7O4S/c1-4-13-33(23,31)19-24-17(22)16-18(25-19)27(14-15-9-7-6-8-10-15)21(30)28(16)20(29)26(5-2)11-12-32-3/h6-10,23H,4-5,11-14H2,1-3H3,(H2,22,24,25). The highest BCUT2D eigenvalue weighted by Crippen LogP contribution is 2.22. The largest absolute Gasteiger partial charge is 0.383 e. The second-order valence-electron chi connectivity index (χ2n) is 7.49. The van der Waals surface area contributed by atoms with Gasteiger partial charge in [0.05, 0.1) is 13.2 Å². The molecule has 0 radical (unpaired) electrons. The number of likely N-dealkylation sites (N-methyl/N-ethyl adjacent to an activating group) is 1. The summed E-state index contributed by atoms with van der Waals surface area (Å²) in [6.45, 7) is 4.62. The van der Waals surface area contributed by atoms with E-state index in [0.717, 1.165) is 10.1 Å². The van der Waals surface area contributed by atoms with Crippen molar-refractivity contribution in [3.63, 3.8) is 0 Å². The molecule has 0 bridgehead atoms. The highest BCUT2D eigenvalue weighted by molar-refractivity contribution is 7.92. The summed E-state index contributed by atoms with van der Waals surface area (Å²) >= 11 is 0. The molecule has 2 aromatic heterocycles. The molecule has 1 amide bonds. The number of fused-ring (bicyclic) bond motifs is 1. The molecule has 0 aliphatic rings. The molecule has 11 nitrogen and oxygen atoms in total. The molecule has 1 atom stereocenters. The maximum Gasteiger partial charge on any atom is 0.339 e. The van der Waals surface area contributed by atoms with Crippen LogP contribution in [-0.4, -0.2) is 66.8 Å². The highest BCUT2D eigenvalue weighted by atomic mass is 32.2. The van der Waals surface area contributed by atoms with Crippen LogP contribution in [0, 0.1) is 4.78 Å². The monoisotopic (exact) mass is 475 g/mol. The van der Waals surface area contributed by atoms with Crippen LogP contribution in [0.25, 0.3) is 11.2 Å². The average molecular weight is 476 g/mol. The van der Waals surface area contributed by atoms with Gasteiger partial charge in [-0.15, -0.1) is 0 Å². The van der Waals surface area contributed by atoms with Gasteiger partial charge in [0.25, 0.3) is 0 Å². The lowest BCUT2D eigenvalue weighted by molar-refractivity contribution is 0.152. The first-order valence-corrected chi connectivity index (χ1v) is 12.3. The first-order valence-electron chi connectivity index (χ1n) is 10.6. The molecule has 0 saturated carbocycles. The van der Waals surface area contributed by atoms with Crippen LogP contribution in [0.2, 0.25) is 0 Å². The van der Waals surface area contributed by atoms with Crippen molar-refractivity contribution in [2.24, 2.45) is 0 Å². The van der Waals surface area contributed by atoms with Crippen molar-refractivity contribution in [3.05, 3.63) is 46.4 Å². The van der Waals surface area contributed by atoms with E-state index in [1.807, 2.05) is 30.3 Å². The van der Waals surface area contributed by atoms with E-state index in [2.05, 4.69) is 9.97 Å². The van der Waals surface area contributed by atoms with Crippen LogP contribution in [0.15, 0.2) is 40.3 Å². The lowest BCUT2D eigenvalue weighted by Crippen LogP contribution is -2.42. The van der Waals surface area contributed by atoms with Gasteiger partial charge < -0.3 is 15.4 Å². The molecule has 12 heteroatoms. The molecule has 178 valence electrons. The summed E-state index contributed by atoms with van der Waals surface area (Å²) in [6.07, 6.45) is 0.491. The van der Waals surface area contributed by atoms with Gasteiger partial charge in [0.1, 0.15) is 15.2 Å². The molecule has 0 fully saturated rings. The number of benzene rings is 1. The van der Waals surface area contributed by atoms with Gasteiger partial charge in [0.2, 0.25) is 5.16 Å². The van der Waals surface area contributed by atoms with Crippen LogP contribution in [0.5, 0.6) is 0 Å². The van der Waals surface area contributed by atoms with Crippen LogP contribution in [0.1, 0.15) is 25.8 Å². The number of carbonyl (C=O) groups is 1. The quantitative estimate of drug-likeness (QED) is 0.449. The first-order chi connectivity index (χ1) is 15.7. The number of anilines is 1. The number of hydrogen-bond acceptors (Lipinski definition) is 8. The van der Waals surface area contributed by atoms with Crippen molar-refractivity contribution in [3.8, 4) is 0 Å². The summed E-state index contributed by atoms with van der Waals surface area (Å²) in [5.41, 5.74) is 6.44. The van der Waals surface area contributed by atoms with Gasteiger partial charge in [-0.1, -0.05) is 37.3 Å². The Morgan fingerprint density at radius 1 is 1.24 bits per heavy atom. The Morgan fingerprint density at radius 2 is 1.94 bits per heavy atom. The Kier molecular flexibility index (Phi) is 7.49. The van der Waals surface area contributed by atoms with Crippen molar-refractivity contribution in [2.45, 2.75) is 32.0 Å². The smallest absolute Gasteiger partial charge is 0.339 e. The molecular formula is C21H29N7O4S. The SMILES string of the molecule is CCCS(=N)(=O)c1nc(N)c2c(n1)n(Cc1ccccc1)c(=O)n2C(=O)N(CC)CCOC. The van der Waals surface area contributed by atoms with Crippen LogP contribution < -0.4 is 11.4 Å². The van der Waals surface area contributed by atoms with Crippen molar-refractivity contribution in [1.82, 2.24) is 24.0 Å². The number of nitrogens with zero attached hydrogens (tertiary/aromatic N) is 5. The molecule has 33 heavy (non-hydrogen) atoms. The number of imidazole rings is 1. The van der Waals surface area contributed by atoms with E-state index in [1.54, 1.807) is 13.8 Å². The van der Waals surface area contributed by atoms with Gasteiger partial charge in [-0.25, -0.2) is 28.1 Å². The molecule has 2 heterocycles. The minimum atomic E-state index is -3.31. The predicted octanol–water partition coefficient (Wildman–Crippen LogP) is 1.98. The Balaban J connectivity index is 2.28. The lowest BCUT2D eigenvalue weighted by Gasteiger charge is -2.20. The van der Waals surface area contributed by atoms with Crippen LogP contribution >= 0.6 is 0 Å². The van der Waals surface area contributed by atoms with E-state index in [1.165, 1.54) is 16.6 Å². The number of nitrogens with one attached hydrogen (secondary N) is 1. The Hall–Kier alpha value is -3.25. The van der Waals surface area contributed by atoms with Gasteiger partial charge >= 0.3 is 11.7 Å². The molecule has 1 unspecified atom stereocenters. The number of methoxy groups -OCH3 is 1. The van der Waals surface area contributed by atoms with Crippen LogP contribution in [0.4, 0.5) is 10.6 Å². The fourth-order valence-electron chi connectivity index (χ4n) is 3.49. The summed E-state index contributed by atoms with van der Waals surface area (Å²) < 4.78 is 28.4. The van der Waals surface area contributed by atoms with Gasteiger partial charge in [0.15, 0.2) is 11.5 Å². The number of carbonyl (C=O) groups excluding carboxylic acids is 1. The topological polar surface area (TPSA) is 149 Å². The van der Waals surface area contributed by atoms with Crippen molar-refractivity contribution < 1.29 is 13.7 Å². The minimum Gasteiger partial charge on any atom is -0.383 e. The summed E-state index contributed by atoms with van der Waals surface area (Å²) in [5.74, 6) is -0.118. The molecule has 3 N–H and O–H groups in total. The van der Waals surface area contributed by atoms with Crippen molar-refractivity contribution >= 4 is 32.7 Å². The molecule has 0 aliphatic carbocycles. The normalized spacial score (nSPS) is 13.2. The zero-order valence-corrected chi connectivity index (χ0v) is 19.8. The minimum absolute atomic E-state index is 0.0345. The molecular weight excluding hydrogens is 446 g/mol. The van der Waals surface area contributed by atoms with Gasteiger partial charge in [0, 0.05) is 26.0 Å². The number of rotatable bonds is 9. The second-order valence-corrected chi connectivity index (χ2v) is 9.61. The van der Waals surface area contributed by atoms with Crippen molar-refractivity contribution in [2.75, 3.05) is 38.3 Å². The summed E-state index contributed by atoms with van der Waals surface area (Å²) in [5, 5.41) is -0.243. The number of ether oxygens (including phenoxy) is 1. The van der Waals surface area contributed by atoms with E-state index in [9.17, 15) is 13.8 Å². The third-order valence-electron chi connectivity index (χ3n) is 5.15. The fourth-order valence-corrected chi connectivity index (χ4v) is 4.73. The van der Waals surface area contributed by atoms with E-state index >= 15 is 0 Å². The van der Waals surface area contributed by atoms with Crippen LogP contribution in [-0.2, 0) is 21.0 Å². The maximum atomic E-state index is 13.5. The summed E-state index contributed by atoms with van der Waals surface area (Å²) in [4.78, 5) is 36.7. The Bertz CT molecular complexity index is 1300. The molecule has 3 aromatic rings. The Morgan fingerprint density at radius 3 is 2.55 bits per heavy atom. The first kappa shape index (κ1) is 24.4. The predicted molar refractivity (Wildman–Crippen MR) is 126 cm³/mol. The third kappa shape index (κ3) is 4.91. The zero-order valence-electron chi connectivity index (χ0n) is 19.0. The van der Waals surface area contributed by atoms with Gasteiger partial charge in [-0.05, 0) is 18.9 Å². The van der Waals surface area contributed by atoms with Crippen LogP contribution in [0.3, 0.4) is 0 Å². The van der Waals surface area contributed by atoms with E-state index < -0.39 is 21.4 Å². The number of hydrogen-bond donors (Lipinski definition) is 2. The fraction of sp³-hybridized carbons (Fsp3) is 0.429. The maximum absolute atomic E-state index is 13.5. The highest BCUT2D eigenvalue weighted by Gasteiger charge is 2.27. The second kappa shape index (κ2) is 10.1. The number of aromatic nitrogens is 4. The number of amides is 1. The van der Waals surface area contributed by atoms with Gasteiger partial charge in [-0.2, -0.15) is 4.98 Å². The average Bonchev–Trinajstić information content (AvgIpc) is 3.07. The van der Waals surface area contributed by atoms with Gasteiger partial charge in [-0.3, -0.25) is 4.57 Å². The van der Waals surface area contributed by atoms with E-state index in [0.29, 0.717) is 19.6 Å².